The van der Waals surface area contributed by atoms with E-state index in [0.717, 1.165) is 13.8 Å². The Kier molecular flexibility index (Phi) is 5.47. The van der Waals surface area contributed by atoms with Gasteiger partial charge in [-0.3, -0.25) is 9.59 Å². The fourth-order valence-corrected chi connectivity index (χ4v) is 1.62. The molecule has 0 aliphatic heterocycles. The molecule has 0 atom stereocenters. The fraction of sp³-hybridized carbons (Fsp3) is 0.733. The van der Waals surface area contributed by atoms with E-state index >= 15 is 0 Å². The highest BCUT2D eigenvalue weighted by atomic mass is 16.6. The van der Waals surface area contributed by atoms with Crippen molar-refractivity contribution >= 4 is 23.5 Å². The van der Waals surface area contributed by atoms with Crippen molar-refractivity contribution in [2.24, 2.45) is 5.41 Å². The van der Waals surface area contributed by atoms with Crippen molar-refractivity contribution in [2.75, 3.05) is 0 Å². The SMILES string of the molecule is CC(=O)C(C(C)=O)(C(=O)OC(C)(C)C)C(=O)OC(C)(C)C. The van der Waals surface area contributed by atoms with Crippen LogP contribution in [0.15, 0.2) is 0 Å². The molecule has 0 aromatic carbocycles. The average Bonchev–Trinajstić information content (AvgIpc) is 2.09. The molecule has 0 N–H and O–H groups in total. The summed E-state index contributed by atoms with van der Waals surface area (Å²) in [4.78, 5) is 48.5. The summed E-state index contributed by atoms with van der Waals surface area (Å²) in [5.74, 6) is -4.24. The van der Waals surface area contributed by atoms with Crippen molar-refractivity contribution in [3.8, 4) is 0 Å². The summed E-state index contributed by atoms with van der Waals surface area (Å²) in [6.45, 7) is 11.4. The standard InChI is InChI=1S/C15H24O6/c1-9(16)15(10(2)17,11(18)20-13(3,4)5)12(19)21-14(6,7)8/h1-8H3. The summed E-state index contributed by atoms with van der Waals surface area (Å²) in [7, 11) is 0. The molecule has 6 heteroatoms. The minimum absolute atomic E-state index is 0.918. The molecular formula is C15H24O6. The first-order valence-electron chi connectivity index (χ1n) is 6.63. The van der Waals surface area contributed by atoms with Gasteiger partial charge in [-0.25, -0.2) is 9.59 Å². The van der Waals surface area contributed by atoms with Crippen LogP contribution in [0, 0.1) is 5.41 Å². The van der Waals surface area contributed by atoms with Gasteiger partial charge in [0.15, 0.2) is 11.6 Å². The second-order valence-corrected chi connectivity index (χ2v) is 6.87. The molecule has 120 valence electrons. The van der Waals surface area contributed by atoms with Gasteiger partial charge in [-0.1, -0.05) is 0 Å². The van der Waals surface area contributed by atoms with Gasteiger partial charge >= 0.3 is 11.9 Å². The summed E-state index contributed by atoms with van der Waals surface area (Å²) < 4.78 is 10.2. The molecule has 0 unspecified atom stereocenters. The number of rotatable bonds is 4. The molecule has 6 nitrogen and oxygen atoms in total. The molecule has 0 aromatic rings. The molecule has 0 bridgehead atoms. The summed E-state index contributed by atoms with van der Waals surface area (Å²) in [6.07, 6.45) is 0. The minimum atomic E-state index is -2.57. The zero-order valence-electron chi connectivity index (χ0n) is 13.9. The lowest BCUT2D eigenvalue weighted by atomic mass is 9.79. The number of esters is 2. The third-order valence-electron chi connectivity index (χ3n) is 2.47. The number of hydrogen-bond acceptors (Lipinski definition) is 6. The van der Waals surface area contributed by atoms with Gasteiger partial charge in [-0.2, -0.15) is 0 Å². The molecule has 0 amide bonds. The lowest BCUT2D eigenvalue weighted by Gasteiger charge is -2.31. The number of carbonyl (C=O) groups is 4. The van der Waals surface area contributed by atoms with Crippen LogP contribution >= 0.6 is 0 Å². The Bertz CT molecular complexity index is 418. The Morgan fingerprint density at radius 3 is 1.00 bits per heavy atom. The van der Waals surface area contributed by atoms with Crippen molar-refractivity contribution in [1.82, 2.24) is 0 Å². The second kappa shape index (κ2) is 5.95. The molecule has 0 spiro atoms. The predicted molar refractivity (Wildman–Crippen MR) is 75.5 cm³/mol. The van der Waals surface area contributed by atoms with Crippen LogP contribution in [0.5, 0.6) is 0 Å². The Hall–Kier alpha value is -1.72. The van der Waals surface area contributed by atoms with Crippen LogP contribution in [0.3, 0.4) is 0 Å². The minimum Gasteiger partial charge on any atom is -0.458 e. The molecule has 0 heterocycles. The third-order valence-corrected chi connectivity index (χ3v) is 2.47. The van der Waals surface area contributed by atoms with E-state index in [0.29, 0.717) is 0 Å². The van der Waals surface area contributed by atoms with Crippen LogP contribution in [-0.2, 0) is 28.7 Å². The van der Waals surface area contributed by atoms with Crippen LogP contribution in [0.1, 0.15) is 55.4 Å². The molecule has 21 heavy (non-hydrogen) atoms. The van der Waals surface area contributed by atoms with Crippen molar-refractivity contribution in [3.63, 3.8) is 0 Å². The van der Waals surface area contributed by atoms with Crippen molar-refractivity contribution in [3.05, 3.63) is 0 Å². The molecule has 0 aliphatic rings. The Labute approximate surface area is 125 Å². The van der Waals surface area contributed by atoms with Gasteiger partial charge in [0, 0.05) is 0 Å². The predicted octanol–water partition coefficient (Wildman–Crippen LogP) is 1.83. The van der Waals surface area contributed by atoms with Crippen molar-refractivity contribution < 1.29 is 28.7 Å². The van der Waals surface area contributed by atoms with Gasteiger partial charge in [-0.15, -0.1) is 0 Å². The number of carbonyl (C=O) groups excluding carboxylic acids is 4. The van der Waals surface area contributed by atoms with Gasteiger partial charge in [0.1, 0.15) is 11.2 Å². The third kappa shape index (κ3) is 4.65. The number of ether oxygens (including phenoxy) is 2. The Morgan fingerprint density at radius 2 is 0.857 bits per heavy atom. The summed E-state index contributed by atoms with van der Waals surface area (Å²) in [5, 5.41) is 0. The molecule has 0 rings (SSSR count). The lowest BCUT2D eigenvalue weighted by Crippen LogP contribution is -2.55. The van der Waals surface area contributed by atoms with E-state index in [-0.39, 0.29) is 0 Å². The molecule has 0 saturated heterocycles. The normalized spacial score (nSPS) is 12.6. The van der Waals surface area contributed by atoms with Crippen LogP contribution in [-0.4, -0.2) is 34.7 Å². The fourth-order valence-electron chi connectivity index (χ4n) is 1.62. The molecule has 0 radical (unpaired) electrons. The highest BCUT2D eigenvalue weighted by molar-refractivity contribution is 6.35. The highest BCUT2D eigenvalue weighted by Crippen LogP contribution is 2.29. The topological polar surface area (TPSA) is 86.7 Å². The zero-order chi connectivity index (χ0) is 17.2. The average molecular weight is 300 g/mol. The largest absolute Gasteiger partial charge is 0.458 e. The molecule has 0 aromatic heterocycles. The summed E-state index contributed by atoms with van der Waals surface area (Å²) >= 11 is 0. The molecule has 0 saturated carbocycles. The van der Waals surface area contributed by atoms with Crippen LogP contribution in [0.2, 0.25) is 0 Å². The first kappa shape index (κ1) is 19.3. The second-order valence-electron chi connectivity index (χ2n) is 6.87. The number of ketones is 2. The van der Waals surface area contributed by atoms with E-state index in [2.05, 4.69) is 0 Å². The van der Waals surface area contributed by atoms with E-state index in [1.165, 1.54) is 0 Å². The maximum Gasteiger partial charge on any atom is 0.339 e. The van der Waals surface area contributed by atoms with Crippen LogP contribution in [0.4, 0.5) is 0 Å². The monoisotopic (exact) mass is 300 g/mol. The Morgan fingerprint density at radius 1 is 0.619 bits per heavy atom. The zero-order valence-corrected chi connectivity index (χ0v) is 13.9. The quantitative estimate of drug-likeness (QED) is 0.581. The van der Waals surface area contributed by atoms with E-state index in [1.54, 1.807) is 41.5 Å². The molecular weight excluding hydrogens is 276 g/mol. The van der Waals surface area contributed by atoms with E-state index in [4.69, 9.17) is 9.47 Å². The van der Waals surface area contributed by atoms with Crippen molar-refractivity contribution in [2.45, 2.75) is 66.6 Å². The maximum absolute atomic E-state index is 12.3. The first-order valence-corrected chi connectivity index (χ1v) is 6.63. The van der Waals surface area contributed by atoms with E-state index < -0.39 is 40.1 Å². The van der Waals surface area contributed by atoms with Gasteiger partial charge in [-0.05, 0) is 55.4 Å². The maximum atomic E-state index is 12.3. The summed E-state index contributed by atoms with van der Waals surface area (Å²) in [6, 6.07) is 0. The lowest BCUT2D eigenvalue weighted by molar-refractivity contribution is -0.186. The van der Waals surface area contributed by atoms with Gasteiger partial charge in [0.05, 0.1) is 0 Å². The smallest absolute Gasteiger partial charge is 0.339 e. The van der Waals surface area contributed by atoms with E-state index in [9.17, 15) is 19.2 Å². The molecule has 0 aliphatic carbocycles. The number of hydrogen-bond donors (Lipinski definition) is 0. The van der Waals surface area contributed by atoms with Crippen LogP contribution in [0.25, 0.3) is 0 Å². The van der Waals surface area contributed by atoms with Crippen molar-refractivity contribution in [1.29, 1.82) is 0 Å². The van der Waals surface area contributed by atoms with Gasteiger partial charge in [0.25, 0.3) is 5.41 Å². The summed E-state index contributed by atoms with van der Waals surface area (Å²) in [5.41, 5.74) is -4.47. The number of Topliss-reactive ketones (excluding diaryl/α,β-unsaturated/α-hetero) is 2. The first-order chi connectivity index (χ1) is 9.14. The van der Waals surface area contributed by atoms with Gasteiger partial charge < -0.3 is 9.47 Å². The van der Waals surface area contributed by atoms with Crippen LogP contribution < -0.4 is 0 Å². The van der Waals surface area contributed by atoms with Gasteiger partial charge in [0.2, 0.25) is 0 Å². The highest BCUT2D eigenvalue weighted by Gasteiger charge is 2.59. The van der Waals surface area contributed by atoms with E-state index in [1.807, 2.05) is 0 Å². The molecule has 0 fully saturated rings. The Balaban J connectivity index is 5.91.